The fraction of sp³-hybridized carbons (Fsp3) is 0.190. The molecule has 1 N–H and O–H groups in total. The van der Waals surface area contributed by atoms with E-state index in [9.17, 15) is 14.9 Å². The molecule has 0 aliphatic carbocycles. The van der Waals surface area contributed by atoms with Crippen molar-refractivity contribution in [3.05, 3.63) is 63.4 Å². The average Bonchev–Trinajstić information content (AvgIpc) is 3.14. The highest BCUT2D eigenvalue weighted by Gasteiger charge is 2.35. The molecule has 2 heterocycles. The summed E-state index contributed by atoms with van der Waals surface area (Å²) in [5.41, 5.74) is 2.06. The monoisotopic (exact) mass is 396 g/mol. The van der Waals surface area contributed by atoms with Crippen molar-refractivity contribution in [3.63, 3.8) is 0 Å². The highest BCUT2D eigenvalue weighted by atomic mass is 35.5. The average molecular weight is 397 g/mol. The maximum Gasteiger partial charge on any atom is 0.271 e. The summed E-state index contributed by atoms with van der Waals surface area (Å²) >= 11 is 6.16. The summed E-state index contributed by atoms with van der Waals surface area (Å²) in [6.07, 6.45) is 1.49. The molecule has 1 aliphatic heterocycles. The molecular formula is C21H17ClN2O4. The number of carbonyl (C=O) groups excluding carboxylic acids is 2. The third-order valence-electron chi connectivity index (χ3n) is 4.52. The second kappa shape index (κ2) is 7.85. The van der Waals surface area contributed by atoms with Gasteiger partial charge in [0.25, 0.3) is 11.8 Å². The van der Waals surface area contributed by atoms with Crippen LogP contribution < -0.4 is 0 Å². The Morgan fingerprint density at radius 3 is 2.61 bits per heavy atom. The van der Waals surface area contributed by atoms with Gasteiger partial charge in [0.2, 0.25) is 0 Å². The van der Waals surface area contributed by atoms with E-state index in [1.807, 2.05) is 25.1 Å². The van der Waals surface area contributed by atoms with Crippen molar-refractivity contribution in [3.8, 4) is 17.4 Å². The molecule has 0 unspecified atom stereocenters. The number of rotatable bonds is 4. The summed E-state index contributed by atoms with van der Waals surface area (Å²) in [6.45, 7) is 2.88. The van der Waals surface area contributed by atoms with Gasteiger partial charge in [0, 0.05) is 16.2 Å². The van der Waals surface area contributed by atoms with Crippen LogP contribution in [0.2, 0.25) is 5.02 Å². The summed E-state index contributed by atoms with van der Waals surface area (Å²) in [4.78, 5) is 25.8. The van der Waals surface area contributed by atoms with Crippen molar-refractivity contribution in [2.45, 2.75) is 13.8 Å². The van der Waals surface area contributed by atoms with Gasteiger partial charge in [0.1, 0.15) is 23.2 Å². The van der Waals surface area contributed by atoms with Crippen LogP contribution in [-0.2, 0) is 9.59 Å². The molecule has 3 rings (SSSR count). The number of carbonyl (C=O) groups is 2. The number of hydrogen-bond donors (Lipinski definition) is 1. The van der Waals surface area contributed by atoms with E-state index in [0.29, 0.717) is 16.5 Å². The third kappa shape index (κ3) is 3.50. The molecule has 1 aromatic carbocycles. The molecule has 0 bridgehead atoms. The first-order valence-electron chi connectivity index (χ1n) is 8.53. The van der Waals surface area contributed by atoms with Crippen molar-refractivity contribution in [2.75, 3.05) is 13.2 Å². The predicted molar refractivity (Wildman–Crippen MR) is 104 cm³/mol. The zero-order chi connectivity index (χ0) is 20.4. The molecule has 0 fully saturated rings. The third-order valence-corrected chi connectivity index (χ3v) is 4.93. The number of amides is 2. The van der Waals surface area contributed by atoms with Crippen LogP contribution in [0.5, 0.6) is 0 Å². The van der Waals surface area contributed by atoms with Gasteiger partial charge in [-0.25, -0.2) is 0 Å². The van der Waals surface area contributed by atoms with E-state index in [1.165, 1.54) is 6.08 Å². The van der Waals surface area contributed by atoms with Gasteiger partial charge in [0.05, 0.1) is 13.2 Å². The number of hydrogen-bond acceptors (Lipinski definition) is 5. The lowest BCUT2D eigenvalue weighted by Crippen LogP contribution is -2.44. The lowest BCUT2D eigenvalue weighted by molar-refractivity contribution is -0.140. The SMILES string of the molecule is CC1=C(C#N)C(=O)N(CCO)C(=O)C1=Cc1ccc(-c2ccc(C)c(Cl)c2)o1. The Labute approximate surface area is 166 Å². The molecule has 28 heavy (non-hydrogen) atoms. The summed E-state index contributed by atoms with van der Waals surface area (Å²) in [5, 5.41) is 19.0. The Morgan fingerprint density at radius 2 is 1.96 bits per heavy atom. The van der Waals surface area contributed by atoms with Gasteiger partial charge in [-0.3, -0.25) is 14.5 Å². The van der Waals surface area contributed by atoms with Crippen LogP contribution in [0, 0.1) is 18.3 Å². The molecular weight excluding hydrogens is 380 g/mol. The number of benzene rings is 1. The Bertz CT molecular complexity index is 1070. The molecule has 1 aromatic heterocycles. The molecule has 0 atom stereocenters. The van der Waals surface area contributed by atoms with Crippen molar-refractivity contribution in [2.24, 2.45) is 0 Å². The van der Waals surface area contributed by atoms with Crippen LogP contribution in [0.1, 0.15) is 18.2 Å². The topological polar surface area (TPSA) is 94.5 Å². The van der Waals surface area contributed by atoms with Crippen LogP contribution in [0.4, 0.5) is 0 Å². The van der Waals surface area contributed by atoms with E-state index in [1.54, 1.807) is 25.1 Å². The van der Waals surface area contributed by atoms with Gasteiger partial charge in [-0.1, -0.05) is 23.7 Å². The number of nitrogens with zero attached hydrogens (tertiary/aromatic N) is 2. The summed E-state index contributed by atoms with van der Waals surface area (Å²) in [5.74, 6) is -0.315. The van der Waals surface area contributed by atoms with Crippen molar-refractivity contribution in [1.29, 1.82) is 5.26 Å². The standard InChI is InChI=1S/C21H17ClN2O4/c1-12-3-4-14(9-18(12)22)19-6-5-15(28-19)10-16-13(2)17(11-23)21(27)24(7-8-25)20(16)26/h3-6,9-10,25H,7-8H2,1-2H3. The number of aliphatic hydroxyl groups is 1. The van der Waals surface area contributed by atoms with Crippen molar-refractivity contribution in [1.82, 2.24) is 4.90 Å². The van der Waals surface area contributed by atoms with Gasteiger partial charge >= 0.3 is 0 Å². The highest BCUT2D eigenvalue weighted by Crippen LogP contribution is 2.30. The Hall–Kier alpha value is -3.14. The minimum Gasteiger partial charge on any atom is -0.457 e. The van der Waals surface area contributed by atoms with Gasteiger partial charge in [-0.15, -0.1) is 0 Å². The summed E-state index contributed by atoms with van der Waals surface area (Å²) in [6, 6.07) is 10.8. The van der Waals surface area contributed by atoms with Gasteiger partial charge in [-0.2, -0.15) is 5.26 Å². The lowest BCUT2D eigenvalue weighted by Gasteiger charge is -2.26. The minimum atomic E-state index is -0.703. The first-order valence-corrected chi connectivity index (χ1v) is 8.91. The molecule has 0 radical (unpaired) electrons. The zero-order valence-corrected chi connectivity index (χ0v) is 16.1. The smallest absolute Gasteiger partial charge is 0.271 e. The number of nitriles is 1. The Balaban J connectivity index is 2.02. The fourth-order valence-corrected chi connectivity index (χ4v) is 3.09. The molecule has 1 aliphatic rings. The lowest BCUT2D eigenvalue weighted by atomic mass is 9.95. The fourth-order valence-electron chi connectivity index (χ4n) is 2.91. The van der Waals surface area contributed by atoms with Crippen LogP contribution in [0.3, 0.4) is 0 Å². The van der Waals surface area contributed by atoms with Gasteiger partial charge in [0.15, 0.2) is 0 Å². The Kier molecular flexibility index (Phi) is 5.50. The van der Waals surface area contributed by atoms with E-state index in [-0.39, 0.29) is 29.9 Å². The molecule has 2 amide bonds. The normalized spacial score (nSPS) is 16.1. The quantitative estimate of drug-likeness (QED) is 0.630. The number of furan rings is 1. The first kappa shape index (κ1) is 19.6. The molecule has 0 saturated carbocycles. The molecule has 0 saturated heterocycles. The molecule has 7 heteroatoms. The largest absolute Gasteiger partial charge is 0.457 e. The number of halogens is 1. The minimum absolute atomic E-state index is 0.128. The van der Waals surface area contributed by atoms with Crippen LogP contribution in [-0.4, -0.2) is 35.0 Å². The second-order valence-corrected chi connectivity index (χ2v) is 6.73. The number of imide groups is 1. The first-order chi connectivity index (χ1) is 13.4. The summed E-state index contributed by atoms with van der Waals surface area (Å²) < 4.78 is 5.81. The Morgan fingerprint density at radius 1 is 1.21 bits per heavy atom. The van der Waals surface area contributed by atoms with Gasteiger partial charge < -0.3 is 9.52 Å². The zero-order valence-electron chi connectivity index (χ0n) is 15.3. The van der Waals surface area contributed by atoms with Crippen LogP contribution in [0.15, 0.2) is 51.5 Å². The predicted octanol–water partition coefficient (Wildman–Crippen LogP) is 3.49. The highest BCUT2D eigenvalue weighted by molar-refractivity contribution is 6.31. The second-order valence-electron chi connectivity index (χ2n) is 6.32. The van der Waals surface area contributed by atoms with E-state index in [4.69, 9.17) is 21.1 Å². The maximum atomic E-state index is 12.7. The van der Waals surface area contributed by atoms with Crippen LogP contribution >= 0.6 is 11.6 Å². The van der Waals surface area contributed by atoms with E-state index in [0.717, 1.165) is 16.0 Å². The van der Waals surface area contributed by atoms with Crippen molar-refractivity contribution >= 4 is 29.5 Å². The van der Waals surface area contributed by atoms with Crippen LogP contribution in [0.25, 0.3) is 17.4 Å². The number of aryl methyl sites for hydroxylation is 1. The van der Waals surface area contributed by atoms with Gasteiger partial charge in [-0.05, 0) is 49.3 Å². The number of aliphatic hydroxyl groups excluding tert-OH is 1. The molecule has 6 nitrogen and oxygen atoms in total. The van der Waals surface area contributed by atoms with E-state index in [2.05, 4.69) is 0 Å². The van der Waals surface area contributed by atoms with E-state index < -0.39 is 11.8 Å². The molecule has 142 valence electrons. The molecule has 2 aromatic rings. The molecule has 0 spiro atoms. The maximum absolute atomic E-state index is 12.7. The summed E-state index contributed by atoms with van der Waals surface area (Å²) in [7, 11) is 0. The van der Waals surface area contributed by atoms with Crippen molar-refractivity contribution < 1.29 is 19.1 Å². The van der Waals surface area contributed by atoms with E-state index >= 15 is 0 Å². The number of β-amino-alcohol motifs (C(OH)–C–C–N with tert-alkyl or cyclic N) is 1.